The summed E-state index contributed by atoms with van der Waals surface area (Å²) in [6, 6.07) is 14.4. The number of benzene rings is 3. The summed E-state index contributed by atoms with van der Waals surface area (Å²) in [5.41, 5.74) is 1.16. The molecule has 0 aliphatic heterocycles. The fourth-order valence-corrected chi connectivity index (χ4v) is 3.81. The fourth-order valence-electron chi connectivity index (χ4n) is 3.81. The van der Waals surface area contributed by atoms with Crippen molar-refractivity contribution in [3.05, 3.63) is 54.6 Å². The molecule has 39 heavy (non-hydrogen) atoms. The molecule has 4 rings (SSSR count). The number of aromatic hydroxyl groups is 3. The summed E-state index contributed by atoms with van der Waals surface area (Å²) in [5, 5.41) is 31.7. The lowest BCUT2D eigenvalue weighted by molar-refractivity contribution is 0.412. The smallest absolute Gasteiger partial charge is 0.236 e. The van der Waals surface area contributed by atoms with Crippen LogP contribution in [0.25, 0.3) is 0 Å². The third-order valence-electron chi connectivity index (χ3n) is 6.13. The molecule has 0 fully saturated rings. The third-order valence-corrected chi connectivity index (χ3v) is 6.13. The van der Waals surface area contributed by atoms with Crippen LogP contribution >= 0.6 is 0 Å². The van der Waals surface area contributed by atoms with Gasteiger partial charge in [-0.25, -0.2) is 0 Å². The topological polar surface area (TPSA) is 137 Å². The minimum Gasteiger partial charge on any atom is -0.506 e. The lowest BCUT2D eigenvalue weighted by atomic mass is 10.2. The maximum atomic E-state index is 10.6. The van der Waals surface area contributed by atoms with E-state index in [1.807, 2.05) is 0 Å². The molecule has 0 atom stereocenters. The van der Waals surface area contributed by atoms with E-state index in [-0.39, 0.29) is 35.1 Å². The van der Waals surface area contributed by atoms with Crippen molar-refractivity contribution < 1.29 is 29.5 Å². The van der Waals surface area contributed by atoms with Crippen molar-refractivity contribution >= 4 is 34.9 Å². The van der Waals surface area contributed by atoms with Gasteiger partial charge in [0.25, 0.3) is 0 Å². The van der Waals surface area contributed by atoms with Crippen LogP contribution < -0.4 is 28.9 Å². The van der Waals surface area contributed by atoms with Gasteiger partial charge >= 0.3 is 0 Å². The van der Waals surface area contributed by atoms with E-state index >= 15 is 0 Å². The Hall–Kier alpha value is -5.13. The van der Waals surface area contributed by atoms with Crippen LogP contribution in [0, 0.1) is 0 Å². The fraction of sp³-hybridized carbons (Fsp3) is 0.222. The van der Waals surface area contributed by atoms with E-state index in [9.17, 15) is 15.3 Å². The van der Waals surface area contributed by atoms with Crippen LogP contribution in [0.4, 0.5) is 34.9 Å². The van der Waals surface area contributed by atoms with E-state index in [0.717, 1.165) is 0 Å². The minimum atomic E-state index is -0.0144. The quantitative estimate of drug-likeness (QED) is 0.282. The molecule has 0 radical (unpaired) electrons. The molecule has 1 heterocycles. The molecule has 0 bridgehead atoms. The van der Waals surface area contributed by atoms with Crippen molar-refractivity contribution in [1.82, 2.24) is 15.0 Å². The van der Waals surface area contributed by atoms with Crippen LogP contribution in [-0.4, -0.2) is 72.7 Å². The van der Waals surface area contributed by atoms with Gasteiger partial charge in [-0.2, -0.15) is 15.0 Å². The highest BCUT2D eigenvalue weighted by molar-refractivity contribution is 5.72. The van der Waals surface area contributed by atoms with Crippen LogP contribution in [0.1, 0.15) is 0 Å². The Morgan fingerprint density at radius 2 is 0.744 bits per heavy atom. The number of aromatic nitrogens is 3. The number of methoxy groups -OCH3 is 3. The van der Waals surface area contributed by atoms with E-state index in [0.29, 0.717) is 34.3 Å². The van der Waals surface area contributed by atoms with Gasteiger partial charge in [0.1, 0.15) is 34.5 Å². The highest BCUT2D eigenvalue weighted by Gasteiger charge is 2.22. The highest BCUT2D eigenvalue weighted by atomic mass is 16.5. The Bertz CT molecular complexity index is 1300. The van der Waals surface area contributed by atoms with Crippen molar-refractivity contribution in [3.8, 4) is 34.5 Å². The van der Waals surface area contributed by atoms with Gasteiger partial charge in [0.15, 0.2) is 0 Å². The van der Waals surface area contributed by atoms with Gasteiger partial charge in [-0.1, -0.05) is 0 Å². The monoisotopic (exact) mass is 534 g/mol. The second-order valence-corrected chi connectivity index (χ2v) is 8.48. The SMILES string of the molecule is COc1ccc(O)c(N(C)c2nc(N(C)c3cc(OC)ccc3O)nc(N(C)c3cc(OC)ccc3O)n2)c1. The first kappa shape index (κ1) is 26.9. The summed E-state index contributed by atoms with van der Waals surface area (Å²) in [6.45, 7) is 0. The molecule has 1 aromatic heterocycles. The van der Waals surface area contributed by atoms with E-state index in [4.69, 9.17) is 14.2 Å². The van der Waals surface area contributed by atoms with Crippen LogP contribution in [-0.2, 0) is 0 Å². The largest absolute Gasteiger partial charge is 0.506 e. The molecular weight excluding hydrogens is 504 g/mol. The summed E-state index contributed by atoms with van der Waals surface area (Å²) < 4.78 is 16.0. The van der Waals surface area contributed by atoms with Crippen molar-refractivity contribution in [1.29, 1.82) is 0 Å². The van der Waals surface area contributed by atoms with E-state index in [2.05, 4.69) is 15.0 Å². The number of hydrogen-bond donors (Lipinski definition) is 3. The summed E-state index contributed by atoms with van der Waals surface area (Å²) in [4.78, 5) is 18.6. The Morgan fingerprint density at radius 3 is 0.974 bits per heavy atom. The first-order chi connectivity index (χ1) is 18.7. The van der Waals surface area contributed by atoms with Crippen molar-refractivity contribution in [2.24, 2.45) is 0 Å². The number of phenols is 3. The second-order valence-electron chi connectivity index (χ2n) is 8.48. The van der Waals surface area contributed by atoms with Gasteiger partial charge in [-0.3, -0.25) is 0 Å². The second kappa shape index (κ2) is 11.1. The van der Waals surface area contributed by atoms with Crippen molar-refractivity contribution in [2.45, 2.75) is 0 Å². The molecule has 0 spiro atoms. The van der Waals surface area contributed by atoms with E-state index < -0.39 is 0 Å². The number of rotatable bonds is 9. The maximum Gasteiger partial charge on any atom is 0.236 e. The summed E-state index contributed by atoms with van der Waals surface area (Å²) >= 11 is 0. The third kappa shape index (κ3) is 5.44. The maximum absolute atomic E-state index is 10.6. The summed E-state index contributed by atoms with van der Waals surface area (Å²) in [6.07, 6.45) is 0. The van der Waals surface area contributed by atoms with Gasteiger partial charge in [0, 0.05) is 39.3 Å². The van der Waals surface area contributed by atoms with Crippen LogP contribution in [0.2, 0.25) is 0 Å². The van der Waals surface area contributed by atoms with Crippen molar-refractivity contribution in [2.75, 3.05) is 57.2 Å². The molecule has 0 aliphatic rings. The standard InChI is InChI=1S/C27H30N6O6/c1-31(19-13-16(37-4)7-10-22(19)34)25-28-26(32(2)20-14-17(38-5)8-11-23(20)35)30-27(29-25)33(3)21-15-18(39-6)9-12-24(21)36/h7-15,34-36H,1-6H3. The molecule has 12 nitrogen and oxygen atoms in total. The molecule has 3 aromatic carbocycles. The van der Waals surface area contributed by atoms with E-state index in [1.54, 1.807) is 72.2 Å². The van der Waals surface area contributed by atoms with Crippen LogP contribution in [0.5, 0.6) is 34.5 Å². The molecule has 0 saturated heterocycles. The zero-order chi connectivity index (χ0) is 28.3. The van der Waals surface area contributed by atoms with Gasteiger partial charge in [-0.05, 0) is 36.4 Å². The lowest BCUT2D eigenvalue weighted by Crippen LogP contribution is -2.22. The average Bonchev–Trinajstić information content (AvgIpc) is 2.96. The summed E-state index contributed by atoms with van der Waals surface area (Å²) in [7, 11) is 9.64. The van der Waals surface area contributed by atoms with Gasteiger partial charge in [-0.15, -0.1) is 0 Å². The molecule has 204 valence electrons. The average molecular weight is 535 g/mol. The number of ether oxygens (including phenoxy) is 3. The van der Waals surface area contributed by atoms with E-state index in [1.165, 1.54) is 39.5 Å². The molecule has 0 aliphatic carbocycles. The zero-order valence-electron chi connectivity index (χ0n) is 22.4. The molecule has 4 aromatic rings. The van der Waals surface area contributed by atoms with Gasteiger partial charge < -0.3 is 44.2 Å². The number of phenolic OH excluding ortho intramolecular Hbond substituents is 3. The zero-order valence-corrected chi connectivity index (χ0v) is 22.4. The normalized spacial score (nSPS) is 10.6. The Balaban J connectivity index is 1.88. The number of anilines is 6. The molecule has 0 saturated carbocycles. The van der Waals surface area contributed by atoms with Crippen molar-refractivity contribution in [3.63, 3.8) is 0 Å². The molecule has 0 unspecified atom stereocenters. The molecule has 3 N–H and O–H groups in total. The Morgan fingerprint density at radius 1 is 0.487 bits per heavy atom. The number of hydrogen-bond acceptors (Lipinski definition) is 12. The molecule has 0 amide bonds. The Labute approximate surface area is 225 Å². The predicted molar refractivity (Wildman–Crippen MR) is 148 cm³/mol. The van der Waals surface area contributed by atoms with Crippen LogP contribution in [0.3, 0.4) is 0 Å². The van der Waals surface area contributed by atoms with Gasteiger partial charge in [0.2, 0.25) is 17.8 Å². The first-order valence-corrected chi connectivity index (χ1v) is 11.7. The summed E-state index contributed by atoms with van der Waals surface area (Å²) in [5.74, 6) is 2.05. The predicted octanol–water partition coefficient (Wildman–Crippen LogP) is 4.32. The highest BCUT2D eigenvalue weighted by Crippen LogP contribution is 2.39. The van der Waals surface area contributed by atoms with Gasteiger partial charge in [0.05, 0.1) is 38.4 Å². The van der Waals surface area contributed by atoms with Crippen LogP contribution in [0.15, 0.2) is 54.6 Å². The molecular formula is C27H30N6O6. The lowest BCUT2D eigenvalue weighted by Gasteiger charge is -2.26. The molecule has 12 heteroatoms. The first-order valence-electron chi connectivity index (χ1n) is 11.7. The number of nitrogens with zero attached hydrogens (tertiary/aromatic N) is 6. The Kier molecular flexibility index (Phi) is 7.65. The minimum absolute atomic E-state index is 0.0144.